The largest absolute Gasteiger partial charge is 0.497 e. The molecule has 1 aliphatic rings. The summed E-state index contributed by atoms with van der Waals surface area (Å²) >= 11 is 0. The van der Waals surface area contributed by atoms with Gasteiger partial charge >= 0.3 is 6.03 Å². The number of nitrogens with zero attached hydrogens (tertiary/aromatic N) is 1. The molecule has 1 aromatic carbocycles. The lowest BCUT2D eigenvalue weighted by Gasteiger charge is -2.21. The number of urea groups is 1. The minimum absolute atomic E-state index is 0.0524. The first kappa shape index (κ1) is 18.3. The molecule has 0 aliphatic heterocycles. The van der Waals surface area contributed by atoms with Gasteiger partial charge in [-0.25, -0.2) is 4.79 Å². The Hall–Kier alpha value is -2.08. The highest BCUT2D eigenvalue weighted by atomic mass is 16.5. The number of methoxy groups -OCH3 is 1. The van der Waals surface area contributed by atoms with Gasteiger partial charge in [0.25, 0.3) is 0 Å². The van der Waals surface area contributed by atoms with Crippen LogP contribution < -0.4 is 15.4 Å². The molecule has 1 aliphatic carbocycles. The van der Waals surface area contributed by atoms with E-state index in [1.54, 1.807) is 7.11 Å². The van der Waals surface area contributed by atoms with Gasteiger partial charge in [0.15, 0.2) is 0 Å². The molecular weight excluding hydrogens is 306 g/mol. The summed E-state index contributed by atoms with van der Waals surface area (Å²) in [6, 6.07) is 7.89. The van der Waals surface area contributed by atoms with Gasteiger partial charge in [-0.3, -0.25) is 15.0 Å². The van der Waals surface area contributed by atoms with Crippen molar-refractivity contribution >= 4 is 11.9 Å². The molecular formula is C18H27N3O3. The van der Waals surface area contributed by atoms with E-state index >= 15 is 0 Å². The highest BCUT2D eigenvalue weighted by molar-refractivity contribution is 5.95. The number of carbonyl (C=O) groups is 2. The summed E-state index contributed by atoms with van der Waals surface area (Å²) in [6.45, 7) is 4.81. The minimum Gasteiger partial charge on any atom is -0.497 e. The molecule has 0 heterocycles. The van der Waals surface area contributed by atoms with Crippen LogP contribution in [0.5, 0.6) is 5.75 Å². The van der Waals surface area contributed by atoms with Gasteiger partial charge in [-0.1, -0.05) is 19.1 Å². The lowest BCUT2D eigenvalue weighted by molar-refractivity contribution is -0.121. The average molecular weight is 333 g/mol. The van der Waals surface area contributed by atoms with Crippen LogP contribution >= 0.6 is 0 Å². The zero-order valence-electron chi connectivity index (χ0n) is 14.7. The molecule has 6 nitrogen and oxygen atoms in total. The molecule has 0 bridgehead atoms. The van der Waals surface area contributed by atoms with Crippen molar-refractivity contribution in [3.05, 3.63) is 29.8 Å². The second-order valence-corrected chi connectivity index (χ2v) is 6.32. The van der Waals surface area contributed by atoms with Gasteiger partial charge in [0, 0.05) is 18.6 Å². The monoisotopic (exact) mass is 333 g/mol. The van der Waals surface area contributed by atoms with Crippen molar-refractivity contribution < 1.29 is 14.3 Å². The van der Waals surface area contributed by atoms with Gasteiger partial charge in [-0.05, 0) is 43.9 Å². The zero-order valence-corrected chi connectivity index (χ0v) is 14.7. The van der Waals surface area contributed by atoms with Crippen molar-refractivity contribution in [3.63, 3.8) is 0 Å². The van der Waals surface area contributed by atoms with Gasteiger partial charge in [-0.2, -0.15) is 0 Å². The van der Waals surface area contributed by atoms with E-state index in [0.717, 1.165) is 30.6 Å². The summed E-state index contributed by atoms with van der Waals surface area (Å²) in [5, 5.41) is 5.15. The maximum atomic E-state index is 12.1. The Morgan fingerprint density at radius 3 is 2.50 bits per heavy atom. The molecule has 1 atom stereocenters. The van der Waals surface area contributed by atoms with Gasteiger partial charge in [-0.15, -0.1) is 0 Å². The van der Waals surface area contributed by atoms with Crippen LogP contribution in [0.1, 0.15) is 38.7 Å². The molecule has 0 saturated heterocycles. The van der Waals surface area contributed by atoms with E-state index in [1.807, 2.05) is 38.1 Å². The molecule has 0 unspecified atom stereocenters. The average Bonchev–Trinajstić information content (AvgIpc) is 3.39. The second-order valence-electron chi connectivity index (χ2n) is 6.32. The fraction of sp³-hybridized carbons (Fsp3) is 0.556. The van der Waals surface area contributed by atoms with Gasteiger partial charge in [0.2, 0.25) is 5.91 Å². The van der Waals surface area contributed by atoms with Crippen molar-refractivity contribution in [2.75, 3.05) is 13.7 Å². The molecule has 132 valence electrons. The molecule has 2 N–H and O–H groups in total. The van der Waals surface area contributed by atoms with E-state index in [4.69, 9.17) is 4.74 Å². The zero-order chi connectivity index (χ0) is 17.5. The number of carbonyl (C=O) groups excluding carboxylic acids is 2. The molecule has 3 amide bonds. The number of nitrogens with one attached hydrogen (secondary N) is 2. The molecule has 1 fully saturated rings. The lowest BCUT2D eigenvalue weighted by atomic mass is 10.2. The number of hydrogen-bond donors (Lipinski definition) is 2. The van der Waals surface area contributed by atoms with E-state index in [-0.39, 0.29) is 18.5 Å². The Bertz CT molecular complexity index is 555. The highest BCUT2D eigenvalue weighted by Gasteiger charge is 2.30. The maximum Gasteiger partial charge on any atom is 0.321 e. The number of imide groups is 1. The third-order valence-electron chi connectivity index (χ3n) is 4.20. The van der Waals surface area contributed by atoms with Crippen LogP contribution in [0, 0.1) is 0 Å². The lowest BCUT2D eigenvalue weighted by Crippen LogP contribution is -2.47. The third-order valence-corrected chi connectivity index (χ3v) is 4.20. The Morgan fingerprint density at radius 2 is 1.96 bits per heavy atom. The Kier molecular flexibility index (Phi) is 6.61. The molecule has 1 saturated carbocycles. The number of amides is 3. The Balaban J connectivity index is 1.86. The molecule has 0 spiro atoms. The van der Waals surface area contributed by atoms with E-state index < -0.39 is 6.03 Å². The quantitative estimate of drug-likeness (QED) is 0.766. The van der Waals surface area contributed by atoms with Crippen LogP contribution in [0.3, 0.4) is 0 Å². The number of benzene rings is 1. The topological polar surface area (TPSA) is 70.7 Å². The molecule has 6 heteroatoms. The highest BCUT2D eigenvalue weighted by Crippen LogP contribution is 2.28. The summed E-state index contributed by atoms with van der Waals surface area (Å²) in [6.07, 6.45) is 3.03. The van der Waals surface area contributed by atoms with Crippen molar-refractivity contribution in [1.29, 1.82) is 0 Å². The predicted molar refractivity (Wildman–Crippen MR) is 92.9 cm³/mol. The van der Waals surface area contributed by atoms with Crippen LogP contribution in [-0.2, 0) is 11.3 Å². The fourth-order valence-electron chi connectivity index (χ4n) is 2.43. The Morgan fingerprint density at radius 1 is 1.29 bits per heavy atom. The number of rotatable bonds is 8. The Labute approximate surface area is 143 Å². The van der Waals surface area contributed by atoms with Crippen molar-refractivity contribution in [1.82, 2.24) is 15.5 Å². The first-order chi connectivity index (χ1) is 11.5. The molecule has 2 rings (SSSR count). The normalized spacial score (nSPS) is 15.0. The molecule has 24 heavy (non-hydrogen) atoms. The number of hydrogen-bond acceptors (Lipinski definition) is 4. The summed E-state index contributed by atoms with van der Waals surface area (Å²) in [5.74, 6) is 0.549. The standard InChI is InChI=1S/C18H27N3O3/c1-4-13(2)19-18(23)20-17(22)12-21(15-7-8-15)11-14-5-9-16(24-3)10-6-14/h5-6,9-10,13,15H,4,7-8,11-12H2,1-3H3,(H2,19,20,22,23)/t13-/m1/s1. The van der Waals surface area contributed by atoms with Crippen LogP contribution in [0.4, 0.5) is 4.79 Å². The first-order valence-electron chi connectivity index (χ1n) is 8.49. The van der Waals surface area contributed by atoms with Crippen LogP contribution in [-0.4, -0.2) is 42.6 Å². The molecule has 1 aromatic rings. The first-order valence-corrected chi connectivity index (χ1v) is 8.49. The number of ether oxygens (including phenoxy) is 1. The van der Waals surface area contributed by atoms with Gasteiger partial charge in [0.05, 0.1) is 13.7 Å². The summed E-state index contributed by atoms with van der Waals surface area (Å²) in [4.78, 5) is 26.0. The summed E-state index contributed by atoms with van der Waals surface area (Å²) < 4.78 is 5.16. The fourth-order valence-corrected chi connectivity index (χ4v) is 2.43. The smallest absolute Gasteiger partial charge is 0.321 e. The predicted octanol–water partition coefficient (Wildman–Crippen LogP) is 2.28. The van der Waals surface area contributed by atoms with Crippen LogP contribution in [0.25, 0.3) is 0 Å². The van der Waals surface area contributed by atoms with Gasteiger partial charge in [0.1, 0.15) is 5.75 Å². The van der Waals surface area contributed by atoms with E-state index in [2.05, 4.69) is 15.5 Å². The molecule has 0 radical (unpaired) electrons. The van der Waals surface area contributed by atoms with Crippen LogP contribution in [0.15, 0.2) is 24.3 Å². The van der Waals surface area contributed by atoms with Gasteiger partial charge < -0.3 is 10.1 Å². The van der Waals surface area contributed by atoms with E-state index in [9.17, 15) is 9.59 Å². The van der Waals surface area contributed by atoms with Crippen molar-refractivity contribution in [2.24, 2.45) is 0 Å². The van der Waals surface area contributed by atoms with Crippen molar-refractivity contribution in [3.8, 4) is 5.75 Å². The maximum absolute atomic E-state index is 12.1. The molecule has 0 aromatic heterocycles. The SMILES string of the molecule is CC[C@@H](C)NC(=O)NC(=O)CN(Cc1ccc(OC)cc1)C1CC1. The van der Waals surface area contributed by atoms with Crippen LogP contribution in [0.2, 0.25) is 0 Å². The minimum atomic E-state index is -0.422. The summed E-state index contributed by atoms with van der Waals surface area (Å²) in [7, 11) is 1.64. The van der Waals surface area contributed by atoms with Crippen molar-refractivity contribution in [2.45, 2.75) is 51.7 Å². The second kappa shape index (κ2) is 8.68. The third kappa shape index (κ3) is 5.85. The summed E-state index contributed by atoms with van der Waals surface area (Å²) in [5.41, 5.74) is 1.12. The van der Waals surface area contributed by atoms with E-state index in [0.29, 0.717) is 12.6 Å². The van der Waals surface area contributed by atoms with E-state index in [1.165, 1.54) is 0 Å².